The number of nitrogens with zero attached hydrogens (tertiary/aromatic N) is 3. The number of rotatable bonds is 5. The number of carbonyl (C=O) groups is 1. The summed E-state index contributed by atoms with van der Waals surface area (Å²) in [5.41, 5.74) is 0.446. The summed E-state index contributed by atoms with van der Waals surface area (Å²) in [7, 11) is 5.42. The number of hydrogen-bond acceptors (Lipinski definition) is 4. The highest BCUT2D eigenvalue weighted by molar-refractivity contribution is 9.10. The number of hydrogen-bond donors (Lipinski definition) is 2. The Kier molecular flexibility index (Phi) is 5.10. The van der Waals surface area contributed by atoms with E-state index < -0.39 is 6.10 Å². The van der Waals surface area contributed by atoms with Crippen LogP contribution in [0.1, 0.15) is 10.5 Å². The van der Waals surface area contributed by atoms with Gasteiger partial charge >= 0.3 is 0 Å². The minimum absolute atomic E-state index is 0.217. The maximum atomic E-state index is 11.8. The van der Waals surface area contributed by atoms with Gasteiger partial charge in [0.1, 0.15) is 5.69 Å². The van der Waals surface area contributed by atoms with E-state index in [-0.39, 0.29) is 12.5 Å². The second-order valence-corrected chi connectivity index (χ2v) is 4.95. The fraction of sp³-hybridized carbons (Fsp3) is 0.600. The van der Waals surface area contributed by atoms with Gasteiger partial charge in [-0.1, -0.05) is 0 Å². The lowest BCUT2D eigenvalue weighted by Gasteiger charge is -2.16. The Hall–Kier alpha value is -0.920. The number of nitrogens with one attached hydrogen (secondary N) is 1. The SMILES string of the molecule is CN(C)CC(O)CNC(=O)c1c(Br)cnn1C. The molecule has 0 bridgehead atoms. The van der Waals surface area contributed by atoms with Gasteiger partial charge in [-0.05, 0) is 30.0 Å². The predicted octanol–water partition coefficient (Wildman–Crippen LogP) is -0.165. The molecule has 17 heavy (non-hydrogen) atoms. The molecule has 6 nitrogen and oxygen atoms in total. The lowest BCUT2D eigenvalue weighted by molar-refractivity contribution is 0.0882. The molecule has 0 saturated heterocycles. The van der Waals surface area contributed by atoms with Crippen LogP contribution in [0.15, 0.2) is 10.7 Å². The van der Waals surface area contributed by atoms with Crippen LogP contribution in [0.2, 0.25) is 0 Å². The Morgan fingerprint density at radius 2 is 2.35 bits per heavy atom. The van der Waals surface area contributed by atoms with E-state index in [9.17, 15) is 9.90 Å². The van der Waals surface area contributed by atoms with Crippen molar-refractivity contribution in [3.63, 3.8) is 0 Å². The van der Waals surface area contributed by atoms with Gasteiger partial charge in [0.15, 0.2) is 0 Å². The number of aryl methyl sites for hydroxylation is 1. The minimum atomic E-state index is -0.582. The van der Waals surface area contributed by atoms with Crippen molar-refractivity contribution in [1.29, 1.82) is 0 Å². The van der Waals surface area contributed by atoms with E-state index in [1.54, 1.807) is 13.2 Å². The van der Waals surface area contributed by atoms with Crippen LogP contribution in [0, 0.1) is 0 Å². The molecule has 0 spiro atoms. The average Bonchev–Trinajstić information content (AvgIpc) is 2.54. The molecule has 1 heterocycles. The van der Waals surface area contributed by atoms with Crippen molar-refractivity contribution in [3.05, 3.63) is 16.4 Å². The van der Waals surface area contributed by atoms with Crippen LogP contribution < -0.4 is 5.32 Å². The van der Waals surface area contributed by atoms with Gasteiger partial charge in [0, 0.05) is 20.1 Å². The Morgan fingerprint density at radius 3 is 2.82 bits per heavy atom. The zero-order valence-electron chi connectivity index (χ0n) is 10.1. The average molecular weight is 305 g/mol. The molecule has 1 rings (SSSR count). The molecule has 0 saturated carbocycles. The van der Waals surface area contributed by atoms with E-state index >= 15 is 0 Å². The fourth-order valence-corrected chi connectivity index (χ4v) is 1.97. The summed E-state index contributed by atoms with van der Waals surface area (Å²) in [5, 5.41) is 16.2. The molecule has 1 amide bonds. The highest BCUT2D eigenvalue weighted by Crippen LogP contribution is 2.14. The highest BCUT2D eigenvalue weighted by Gasteiger charge is 2.16. The van der Waals surface area contributed by atoms with Crippen LogP contribution in [0.3, 0.4) is 0 Å². The third kappa shape index (κ3) is 4.10. The van der Waals surface area contributed by atoms with Crippen molar-refractivity contribution in [1.82, 2.24) is 20.0 Å². The van der Waals surface area contributed by atoms with Crippen molar-refractivity contribution in [2.24, 2.45) is 7.05 Å². The molecule has 96 valence electrons. The molecular formula is C10H17BrN4O2. The number of carbonyl (C=O) groups excluding carboxylic acids is 1. The Morgan fingerprint density at radius 1 is 1.71 bits per heavy atom. The quantitative estimate of drug-likeness (QED) is 0.793. The number of aromatic nitrogens is 2. The summed E-state index contributed by atoms with van der Waals surface area (Å²) in [4.78, 5) is 13.7. The first-order valence-electron chi connectivity index (χ1n) is 5.20. The van der Waals surface area contributed by atoms with E-state index in [4.69, 9.17) is 0 Å². The van der Waals surface area contributed by atoms with Crippen molar-refractivity contribution in [2.45, 2.75) is 6.10 Å². The van der Waals surface area contributed by atoms with Crippen LogP contribution in [0.5, 0.6) is 0 Å². The number of aliphatic hydroxyl groups is 1. The van der Waals surface area contributed by atoms with Gasteiger partial charge in [0.2, 0.25) is 0 Å². The van der Waals surface area contributed by atoms with Crippen molar-refractivity contribution in [2.75, 3.05) is 27.2 Å². The molecule has 1 aromatic heterocycles. The van der Waals surface area contributed by atoms with Crippen LogP contribution in [-0.4, -0.2) is 59.0 Å². The second-order valence-electron chi connectivity index (χ2n) is 4.09. The molecule has 7 heteroatoms. The summed E-state index contributed by atoms with van der Waals surface area (Å²) in [6.07, 6.45) is 0.978. The predicted molar refractivity (Wildman–Crippen MR) is 67.8 cm³/mol. The molecule has 0 fully saturated rings. The van der Waals surface area contributed by atoms with E-state index in [0.29, 0.717) is 16.7 Å². The second kappa shape index (κ2) is 6.13. The van der Waals surface area contributed by atoms with Crippen LogP contribution in [-0.2, 0) is 7.05 Å². The van der Waals surface area contributed by atoms with Crippen LogP contribution in [0.4, 0.5) is 0 Å². The molecule has 0 aliphatic heterocycles. The van der Waals surface area contributed by atoms with Gasteiger partial charge in [-0.25, -0.2) is 0 Å². The summed E-state index contributed by atoms with van der Waals surface area (Å²) < 4.78 is 2.12. The monoisotopic (exact) mass is 304 g/mol. The topological polar surface area (TPSA) is 70.4 Å². The smallest absolute Gasteiger partial charge is 0.270 e. The molecule has 0 radical (unpaired) electrons. The molecule has 0 aliphatic rings. The number of likely N-dealkylation sites (N-methyl/N-ethyl adjacent to an activating group) is 1. The minimum Gasteiger partial charge on any atom is -0.390 e. The highest BCUT2D eigenvalue weighted by atomic mass is 79.9. The number of amides is 1. The van der Waals surface area contributed by atoms with Gasteiger partial charge in [0.25, 0.3) is 5.91 Å². The largest absolute Gasteiger partial charge is 0.390 e. The number of aliphatic hydroxyl groups excluding tert-OH is 1. The summed E-state index contributed by atoms with van der Waals surface area (Å²) >= 11 is 3.25. The molecule has 0 aliphatic carbocycles. The molecule has 2 N–H and O–H groups in total. The van der Waals surface area contributed by atoms with Gasteiger partial charge in [0.05, 0.1) is 16.8 Å². The van der Waals surface area contributed by atoms with Crippen LogP contribution in [0.25, 0.3) is 0 Å². The standard InChI is InChI=1S/C10H17BrN4O2/c1-14(2)6-7(16)4-12-10(17)9-8(11)5-13-15(9)3/h5,7,16H,4,6H2,1-3H3,(H,12,17). The Labute approximate surface area is 109 Å². The van der Waals surface area contributed by atoms with Gasteiger partial charge in [-0.2, -0.15) is 5.10 Å². The first-order valence-corrected chi connectivity index (χ1v) is 5.99. The zero-order chi connectivity index (χ0) is 13.0. The van der Waals surface area contributed by atoms with Gasteiger partial charge in [-0.15, -0.1) is 0 Å². The maximum absolute atomic E-state index is 11.8. The molecular weight excluding hydrogens is 288 g/mol. The normalized spacial score (nSPS) is 12.8. The Bertz CT molecular complexity index is 372. The van der Waals surface area contributed by atoms with Crippen LogP contribution >= 0.6 is 15.9 Å². The fourth-order valence-electron chi connectivity index (χ4n) is 1.45. The van der Waals surface area contributed by atoms with Crippen molar-refractivity contribution in [3.8, 4) is 0 Å². The van der Waals surface area contributed by atoms with Crippen molar-refractivity contribution >= 4 is 21.8 Å². The number of halogens is 1. The third-order valence-corrected chi connectivity index (χ3v) is 2.76. The first-order chi connectivity index (χ1) is 7.91. The molecule has 0 aromatic carbocycles. The van der Waals surface area contributed by atoms with E-state index in [1.165, 1.54) is 4.68 Å². The third-order valence-electron chi connectivity index (χ3n) is 2.18. The van der Waals surface area contributed by atoms with E-state index in [1.807, 2.05) is 19.0 Å². The van der Waals surface area contributed by atoms with Crippen molar-refractivity contribution < 1.29 is 9.90 Å². The molecule has 1 atom stereocenters. The lowest BCUT2D eigenvalue weighted by Crippen LogP contribution is -2.38. The maximum Gasteiger partial charge on any atom is 0.270 e. The zero-order valence-corrected chi connectivity index (χ0v) is 11.7. The summed E-state index contributed by atoms with van der Waals surface area (Å²) in [6, 6.07) is 0. The van der Waals surface area contributed by atoms with Gasteiger partial charge < -0.3 is 15.3 Å². The summed E-state index contributed by atoms with van der Waals surface area (Å²) in [6.45, 7) is 0.724. The molecule has 1 aromatic rings. The lowest BCUT2D eigenvalue weighted by atomic mass is 10.3. The first kappa shape index (κ1) is 14.1. The van der Waals surface area contributed by atoms with Gasteiger partial charge in [-0.3, -0.25) is 9.48 Å². The van der Waals surface area contributed by atoms with E-state index in [0.717, 1.165) is 0 Å². The van der Waals surface area contributed by atoms with E-state index in [2.05, 4.69) is 26.3 Å². The summed E-state index contributed by atoms with van der Waals surface area (Å²) in [5.74, 6) is -0.255. The Balaban J connectivity index is 2.51. The molecule has 1 unspecified atom stereocenters.